The monoisotopic (exact) mass is 474 g/mol. The van der Waals surface area contributed by atoms with Crippen molar-refractivity contribution in [3.05, 3.63) is 58.7 Å². The van der Waals surface area contributed by atoms with E-state index in [1.54, 1.807) is 18.2 Å². The average molecular weight is 475 g/mol. The zero-order valence-corrected chi connectivity index (χ0v) is 19.4. The lowest BCUT2D eigenvalue weighted by Gasteiger charge is -2.28. The Labute approximate surface area is 189 Å². The number of nitrogens with zero attached hydrogens (tertiary/aromatic N) is 3. The second-order valence-corrected chi connectivity index (χ2v) is 10.4. The van der Waals surface area contributed by atoms with E-state index in [2.05, 4.69) is 15.3 Å². The highest BCUT2D eigenvalue weighted by Gasteiger charge is 2.34. The van der Waals surface area contributed by atoms with Crippen LogP contribution in [0.15, 0.2) is 52.6 Å². The number of rotatable bonds is 4. The molecule has 0 aliphatic carbocycles. The molecule has 0 bridgehead atoms. The van der Waals surface area contributed by atoms with Gasteiger partial charge >= 0.3 is 0 Å². The van der Waals surface area contributed by atoms with Crippen molar-refractivity contribution in [2.45, 2.75) is 23.9 Å². The van der Waals surface area contributed by atoms with E-state index in [0.717, 1.165) is 28.6 Å². The third-order valence-corrected chi connectivity index (χ3v) is 7.87. The number of carbonyl (C=O) groups is 1. The minimum atomic E-state index is -3.77. The van der Waals surface area contributed by atoms with E-state index >= 15 is 0 Å². The fraction of sp³-hybridized carbons (Fsp3) is 0.190. The van der Waals surface area contributed by atoms with E-state index < -0.39 is 10.0 Å². The second-order valence-electron chi connectivity index (χ2n) is 7.10. The SMILES string of the molecule is Cc1cccc(C)c1NC(=O)CSc1ncc2c(n1)-c1cc(Cl)ccc1N(C)S2(=O)=O. The summed E-state index contributed by atoms with van der Waals surface area (Å²) < 4.78 is 26.9. The Morgan fingerprint density at radius 3 is 2.61 bits per heavy atom. The van der Waals surface area contributed by atoms with Gasteiger partial charge in [-0.2, -0.15) is 0 Å². The van der Waals surface area contributed by atoms with Gasteiger partial charge in [-0.1, -0.05) is 41.6 Å². The van der Waals surface area contributed by atoms with E-state index in [4.69, 9.17) is 11.6 Å². The molecule has 1 aliphatic heterocycles. The van der Waals surface area contributed by atoms with Crippen molar-refractivity contribution in [1.82, 2.24) is 9.97 Å². The number of aryl methyl sites for hydroxylation is 2. The van der Waals surface area contributed by atoms with Gasteiger partial charge < -0.3 is 5.32 Å². The van der Waals surface area contributed by atoms with Crippen molar-refractivity contribution in [1.29, 1.82) is 0 Å². The minimum absolute atomic E-state index is 0.00843. The van der Waals surface area contributed by atoms with Crippen molar-refractivity contribution in [3.63, 3.8) is 0 Å². The number of fused-ring (bicyclic) bond motifs is 3. The summed E-state index contributed by atoms with van der Waals surface area (Å²) in [4.78, 5) is 21.1. The Morgan fingerprint density at radius 1 is 1.19 bits per heavy atom. The first-order valence-electron chi connectivity index (χ1n) is 9.33. The summed E-state index contributed by atoms with van der Waals surface area (Å²) in [5.74, 6) is -0.110. The van der Waals surface area contributed by atoms with E-state index in [1.807, 2.05) is 32.0 Å². The molecule has 1 aromatic heterocycles. The first-order chi connectivity index (χ1) is 14.7. The minimum Gasteiger partial charge on any atom is -0.325 e. The molecule has 0 spiro atoms. The van der Waals surface area contributed by atoms with Gasteiger partial charge in [0, 0.05) is 23.3 Å². The summed E-state index contributed by atoms with van der Waals surface area (Å²) in [6, 6.07) is 10.8. The highest BCUT2D eigenvalue weighted by molar-refractivity contribution is 7.99. The molecule has 0 atom stereocenters. The molecule has 1 N–H and O–H groups in total. The smallest absolute Gasteiger partial charge is 0.267 e. The molecule has 0 saturated carbocycles. The topological polar surface area (TPSA) is 92.3 Å². The molecular weight excluding hydrogens is 456 g/mol. The molecule has 160 valence electrons. The number of amides is 1. The molecule has 0 radical (unpaired) electrons. The van der Waals surface area contributed by atoms with Crippen LogP contribution in [-0.4, -0.2) is 37.1 Å². The van der Waals surface area contributed by atoms with Crippen LogP contribution < -0.4 is 9.62 Å². The van der Waals surface area contributed by atoms with Crippen molar-refractivity contribution < 1.29 is 13.2 Å². The number of aromatic nitrogens is 2. The fourth-order valence-corrected chi connectivity index (χ4v) is 5.46. The van der Waals surface area contributed by atoms with Crippen LogP contribution in [0.1, 0.15) is 11.1 Å². The van der Waals surface area contributed by atoms with Gasteiger partial charge in [0.15, 0.2) is 5.16 Å². The van der Waals surface area contributed by atoms with Gasteiger partial charge in [0.05, 0.1) is 23.3 Å². The number of anilines is 2. The number of halogens is 1. The van der Waals surface area contributed by atoms with Gasteiger partial charge in [-0.05, 0) is 43.2 Å². The Hall–Kier alpha value is -2.62. The highest BCUT2D eigenvalue weighted by atomic mass is 35.5. The standard InChI is InChI=1S/C21H19ClN4O3S2/c1-12-5-4-6-13(2)19(12)24-18(27)11-30-21-23-10-17-20(25-21)15-9-14(22)7-8-16(15)26(3)31(17,28)29/h4-10H,11H2,1-3H3,(H,24,27). The number of carbonyl (C=O) groups excluding carboxylic acids is 1. The summed E-state index contributed by atoms with van der Waals surface area (Å²) in [6.45, 7) is 3.87. The Balaban J connectivity index is 1.60. The summed E-state index contributed by atoms with van der Waals surface area (Å²) in [6.07, 6.45) is 1.28. The van der Waals surface area contributed by atoms with Crippen molar-refractivity contribution >= 4 is 50.7 Å². The van der Waals surface area contributed by atoms with E-state index in [-0.39, 0.29) is 22.2 Å². The molecule has 10 heteroatoms. The lowest BCUT2D eigenvalue weighted by molar-refractivity contribution is -0.113. The summed E-state index contributed by atoms with van der Waals surface area (Å²) in [7, 11) is -2.29. The number of sulfonamides is 1. The van der Waals surface area contributed by atoms with Crippen molar-refractivity contribution in [3.8, 4) is 11.3 Å². The Morgan fingerprint density at radius 2 is 1.90 bits per heavy atom. The predicted octanol–water partition coefficient (Wildman–Crippen LogP) is 4.28. The number of benzene rings is 2. The number of thioether (sulfide) groups is 1. The third-order valence-electron chi connectivity index (χ3n) is 5.00. The molecule has 0 unspecified atom stereocenters. The van der Waals surface area contributed by atoms with E-state index in [9.17, 15) is 13.2 Å². The normalized spacial score (nSPS) is 14.0. The molecule has 0 saturated heterocycles. The van der Waals surface area contributed by atoms with Gasteiger partial charge in [-0.25, -0.2) is 18.4 Å². The van der Waals surface area contributed by atoms with Gasteiger partial charge in [0.2, 0.25) is 5.91 Å². The van der Waals surface area contributed by atoms with Crippen molar-refractivity contribution in [2.24, 2.45) is 0 Å². The lowest BCUT2D eigenvalue weighted by Crippen LogP contribution is -2.31. The van der Waals surface area contributed by atoms with Crippen LogP contribution in [0.3, 0.4) is 0 Å². The van der Waals surface area contributed by atoms with Crippen LogP contribution in [-0.2, 0) is 14.8 Å². The van der Waals surface area contributed by atoms with E-state index in [0.29, 0.717) is 21.4 Å². The maximum Gasteiger partial charge on any atom is 0.267 e. The van der Waals surface area contributed by atoms with Gasteiger partial charge in [-0.15, -0.1) is 0 Å². The molecule has 2 heterocycles. The molecular formula is C21H19ClN4O3S2. The molecule has 3 aromatic rings. The Bertz CT molecular complexity index is 1290. The number of hydrogen-bond acceptors (Lipinski definition) is 6. The maximum atomic E-state index is 12.8. The summed E-state index contributed by atoms with van der Waals surface area (Å²) in [5, 5.41) is 3.69. The summed E-state index contributed by atoms with van der Waals surface area (Å²) >= 11 is 7.27. The zero-order valence-electron chi connectivity index (χ0n) is 17.0. The quantitative estimate of drug-likeness (QED) is 0.448. The predicted molar refractivity (Wildman–Crippen MR) is 123 cm³/mol. The summed E-state index contributed by atoms with van der Waals surface area (Å²) in [5.41, 5.74) is 4.11. The van der Waals surface area contributed by atoms with Crippen LogP contribution in [0.2, 0.25) is 5.02 Å². The fourth-order valence-electron chi connectivity index (χ4n) is 3.37. The van der Waals surface area contributed by atoms with Crippen LogP contribution in [0.25, 0.3) is 11.3 Å². The maximum absolute atomic E-state index is 12.8. The second kappa shape index (κ2) is 8.14. The van der Waals surface area contributed by atoms with Crippen LogP contribution in [0.4, 0.5) is 11.4 Å². The first-order valence-corrected chi connectivity index (χ1v) is 12.1. The molecule has 31 heavy (non-hydrogen) atoms. The lowest BCUT2D eigenvalue weighted by atomic mass is 10.1. The van der Waals surface area contributed by atoms with Gasteiger partial charge in [0.25, 0.3) is 10.0 Å². The largest absolute Gasteiger partial charge is 0.325 e. The molecule has 1 aliphatic rings. The molecule has 2 aromatic carbocycles. The average Bonchev–Trinajstić information content (AvgIpc) is 2.73. The number of nitrogens with one attached hydrogen (secondary N) is 1. The Kier molecular flexibility index (Phi) is 5.67. The van der Waals surface area contributed by atoms with Crippen LogP contribution in [0, 0.1) is 13.8 Å². The third kappa shape index (κ3) is 4.00. The number of para-hydroxylation sites is 1. The van der Waals surface area contributed by atoms with Crippen molar-refractivity contribution in [2.75, 3.05) is 22.4 Å². The van der Waals surface area contributed by atoms with Crippen LogP contribution >= 0.6 is 23.4 Å². The van der Waals surface area contributed by atoms with Gasteiger partial charge in [-0.3, -0.25) is 9.10 Å². The zero-order chi connectivity index (χ0) is 22.3. The van der Waals surface area contributed by atoms with Gasteiger partial charge in [0.1, 0.15) is 4.90 Å². The first kappa shape index (κ1) is 21.6. The number of hydrogen-bond donors (Lipinski definition) is 1. The molecule has 0 fully saturated rings. The van der Waals surface area contributed by atoms with E-state index in [1.165, 1.54) is 17.5 Å². The van der Waals surface area contributed by atoms with Crippen LogP contribution in [0.5, 0.6) is 0 Å². The molecule has 7 nitrogen and oxygen atoms in total. The highest BCUT2D eigenvalue weighted by Crippen LogP contribution is 2.42. The molecule has 1 amide bonds. The molecule has 4 rings (SSSR count).